The van der Waals surface area contributed by atoms with Gasteiger partial charge in [-0.1, -0.05) is 69.7 Å². The van der Waals surface area contributed by atoms with Crippen LogP contribution in [-0.2, 0) is 13.0 Å². The molecule has 0 aliphatic rings. The number of benzene rings is 3. The highest BCUT2D eigenvalue weighted by atomic mass is 79.9. The number of halogens is 1. The quantitative estimate of drug-likeness (QED) is 0.249. The van der Waals surface area contributed by atoms with Crippen molar-refractivity contribution in [2.45, 2.75) is 13.0 Å². The molecule has 5 aromatic rings. The molecule has 158 valence electrons. The number of aromatic nitrogens is 1. The van der Waals surface area contributed by atoms with Crippen molar-refractivity contribution in [3.05, 3.63) is 118 Å². The Balaban J connectivity index is 1.44. The number of thiazole rings is 1. The summed E-state index contributed by atoms with van der Waals surface area (Å²) in [6.07, 6.45) is 2.45. The van der Waals surface area contributed by atoms with Crippen molar-refractivity contribution in [2.24, 2.45) is 0 Å². The molecule has 0 radical (unpaired) electrons. The van der Waals surface area contributed by atoms with Gasteiger partial charge in [0, 0.05) is 10.0 Å². The SMILES string of the molecule is O=C(c1ccc(Cc2ccccc2)cc1)N(Cc1ccco1)c1nc2ccc(Br)cc2s1. The normalized spacial score (nSPS) is 11.0. The molecule has 6 heteroatoms. The van der Waals surface area contributed by atoms with Crippen LogP contribution in [0, 0.1) is 0 Å². The summed E-state index contributed by atoms with van der Waals surface area (Å²) < 4.78 is 7.53. The molecule has 2 aromatic heterocycles. The van der Waals surface area contributed by atoms with Gasteiger partial charge in [-0.25, -0.2) is 4.98 Å². The van der Waals surface area contributed by atoms with Gasteiger partial charge in [-0.3, -0.25) is 9.69 Å². The fourth-order valence-electron chi connectivity index (χ4n) is 3.54. The third kappa shape index (κ3) is 4.52. The number of hydrogen-bond acceptors (Lipinski definition) is 4. The Bertz CT molecular complexity index is 1350. The predicted molar refractivity (Wildman–Crippen MR) is 132 cm³/mol. The Morgan fingerprint density at radius 1 is 0.938 bits per heavy atom. The average Bonchev–Trinajstić information content (AvgIpc) is 3.47. The fraction of sp³-hybridized carbons (Fsp3) is 0.0769. The zero-order chi connectivity index (χ0) is 21.9. The van der Waals surface area contributed by atoms with Crippen LogP contribution in [0.4, 0.5) is 5.13 Å². The first-order chi connectivity index (χ1) is 15.7. The molecule has 0 aliphatic carbocycles. The van der Waals surface area contributed by atoms with E-state index in [4.69, 9.17) is 9.40 Å². The third-order valence-corrected chi connectivity index (χ3v) is 6.70. The summed E-state index contributed by atoms with van der Waals surface area (Å²) in [4.78, 5) is 19.9. The van der Waals surface area contributed by atoms with Crippen molar-refractivity contribution in [3.63, 3.8) is 0 Å². The molecule has 0 unspecified atom stereocenters. The van der Waals surface area contributed by atoms with Gasteiger partial charge in [0.25, 0.3) is 5.91 Å². The number of amides is 1. The van der Waals surface area contributed by atoms with Gasteiger partial charge in [0.2, 0.25) is 0 Å². The largest absolute Gasteiger partial charge is 0.467 e. The summed E-state index contributed by atoms with van der Waals surface area (Å²) in [5, 5.41) is 0.646. The summed E-state index contributed by atoms with van der Waals surface area (Å²) >= 11 is 5.00. The van der Waals surface area contributed by atoms with E-state index in [-0.39, 0.29) is 5.91 Å². The van der Waals surface area contributed by atoms with Crippen LogP contribution in [-0.4, -0.2) is 10.9 Å². The van der Waals surface area contributed by atoms with Gasteiger partial charge >= 0.3 is 0 Å². The molecule has 0 spiro atoms. The van der Waals surface area contributed by atoms with Crippen LogP contribution >= 0.6 is 27.3 Å². The highest BCUT2D eigenvalue weighted by Crippen LogP contribution is 2.32. The number of carbonyl (C=O) groups is 1. The van der Waals surface area contributed by atoms with E-state index < -0.39 is 0 Å². The number of nitrogens with zero attached hydrogens (tertiary/aromatic N) is 2. The Kier molecular flexibility index (Phi) is 5.88. The smallest absolute Gasteiger partial charge is 0.260 e. The Labute approximate surface area is 198 Å². The minimum Gasteiger partial charge on any atom is -0.467 e. The number of carbonyl (C=O) groups excluding carboxylic acids is 1. The minimum atomic E-state index is -0.106. The maximum atomic E-state index is 13.5. The first kappa shape index (κ1) is 20.7. The maximum absolute atomic E-state index is 13.5. The second-order valence-electron chi connectivity index (χ2n) is 7.44. The van der Waals surface area contributed by atoms with E-state index in [2.05, 4.69) is 28.1 Å². The molecule has 3 aromatic carbocycles. The lowest BCUT2D eigenvalue weighted by Crippen LogP contribution is -2.30. The predicted octanol–water partition coefficient (Wildman–Crippen LogP) is 7.09. The topological polar surface area (TPSA) is 46.3 Å². The lowest BCUT2D eigenvalue weighted by molar-refractivity contribution is 0.0983. The van der Waals surface area contributed by atoms with E-state index in [9.17, 15) is 4.79 Å². The van der Waals surface area contributed by atoms with Crippen LogP contribution in [0.1, 0.15) is 27.2 Å². The molecular formula is C26H19BrN2O2S. The number of anilines is 1. The van der Waals surface area contributed by atoms with Crippen molar-refractivity contribution in [1.29, 1.82) is 0 Å². The van der Waals surface area contributed by atoms with Crippen LogP contribution < -0.4 is 4.90 Å². The zero-order valence-corrected chi connectivity index (χ0v) is 19.5. The third-order valence-electron chi connectivity index (χ3n) is 5.16. The molecule has 4 nitrogen and oxygen atoms in total. The van der Waals surface area contributed by atoms with Crippen molar-refractivity contribution in [1.82, 2.24) is 4.98 Å². The van der Waals surface area contributed by atoms with Crippen LogP contribution in [0.25, 0.3) is 10.2 Å². The molecule has 0 N–H and O–H groups in total. The van der Waals surface area contributed by atoms with Gasteiger partial charge in [-0.15, -0.1) is 0 Å². The monoisotopic (exact) mass is 502 g/mol. The molecule has 32 heavy (non-hydrogen) atoms. The van der Waals surface area contributed by atoms with E-state index in [0.29, 0.717) is 23.0 Å². The molecule has 0 saturated heterocycles. The van der Waals surface area contributed by atoms with Crippen LogP contribution in [0.5, 0.6) is 0 Å². The van der Waals surface area contributed by atoms with Gasteiger partial charge in [-0.05, 0) is 60.0 Å². The van der Waals surface area contributed by atoms with E-state index in [1.807, 2.05) is 72.8 Å². The first-order valence-electron chi connectivity index (χ1n) is 10.2. The summed E-state index contributed by atoms with van der Waals surface area (Å²) in [5.41, 5.74) is 3.89. The van der Waals surface area contributed by atoms with Gasteiger partial charge in [0.15, 0.2) is 5.13 Å². The van der Waals surface area contributed by atoms with Crippen LogP contribution in [0.15, 0.2) is 100 Å². The number of fused-ring (bicyclic) bond motifs is 1. The molecule has 0 atom stereocenters. The fourth-order valence-corrected chi connectivity index (χ4v) is 5.05. The van der Waals surface area contributed by atoms with Gasteiger partial charge in [0.05, 0.1) is 23.0 Å². The molecule has 0 saturated carbocycles. The van der Waals surface area contributed by atoms with Crippen molar-refractivity contribution in [3.8, 4) is 0 Å². The summed E-state index contributed by atoms with van der Waals surface area (Å²) in [6.45, 7) is 0.318. The number of furan rings is 1. The minimum absolute atomic E-state index is 0.106. The van der Waals surface area contributed by atoms with Crippen LogP contribution in [0.2, 0.25) is 0 Å². The van der Waals surface area contributed by atoms with Gasteiger partial charge in [0.1, 0.15) is 5.76 Å². The van der Waals surface area contributed by atoms with Crippen molar-refractivity contribution < 1.29 is 9.21 Å². The number of rotatable bonds is 6. The molecular weight excluding hydrogens is 484 g/mol. The summed E-state index contributed by atoms with van der Waals surface area (Å²) in [6, 6.07) is 27.7. The zero-order valence-electron chi connectivity index (χ0n) is 17.1. The van der Waals surface area contributed by atoms with E-state index in [1.165, 1.54) is 16.9 Å². The van der Waals surface area contributed by atoms with Crippen molar-refractivity contribution >= 4 is 48.5 Å². The summed E-state index contributed by atoms with van der Waals surface area (Å²) in [7, 11) is 0. The molecule has 0 aliphatic heterocycles. The van der Waals surface area contributed by atoms with E-state index >= 15 is 0 Å². The second-order valence-corrected chi connectivity index (χ2v) is 9.36. The van der Waals surface area contributed by atoms with Crippen LogP contribution in [0.3, 0.4) is 0 Å². The van der Waals surface area contributed by atoms with Gasteiger partial charge < -0.3 is 4.42 Å². The van der Waals surface area contributed by atoms with E-state index in [0.717, 1.165) is 26.7 Å². The molecule has 1 amide bonds. The Morgan fingerprint density at radius 2 is 1.72 bits per heavy atom. The Morgan fingerprint density at radius 3 is 2.47 bits per heavy atom. The highest BCUT2D eigenvalue weighted by Gasteiger charge is 2.23. The Hall–Kier alpha value is -3.22. The lowest BCUT2D eigenvalue weighted by atomic mass is 10.0. The van der Waals surface area contributed by atoms with E-state index in [1.54, 1.807) is 11.2 Å². The average molecular weight is 503 g/mol. The maximum Gasteiger partial charge on any atom is 0.260 e. The standard InChI is InChI=1S/C26H19BrN2O2S/c27-21-12-13-23-24(16-21)32-26(28-23)29(17-22-7-4-14-31-22)25(30)20-10-8-19(9-11-20)15-18-5-2-1-3-6-18/h1-14,16H,15,17H2. The summed E-state index contributed by atoms with van der Waals surface area (Å²) in [5.74, 6) is 0.602. The molecule has 0 fully saturated rings. The highest BCUT2D eigenvalue weighted by molar-refractivity contribution is 9.10. The molecule has 5 rings (SSSR count). The first-order valence-corrected chi connectivity index (χ1v) is 11.8. The lowest BCUT2D eigenvalue weighted by Gasteiger charge is -2.19. The molecule has 2 heterocycles. The van der Waals surface area contributed by atoms with Crippen molar-refractivity contribution in [2.75, 3.05) is 4.90 Å². The molecule has 0 bridgehead atoms. The number of hydrogen-bond donors (Lipinski definition) is 0. The second kappa shape index (κ2) is 9.10. The van der Waals surface area contributed by atoms with Gasteiger partial charge in [-0.2, -0.15) is 0 Å².